The number of nitrogens with zero attached hydrogens (tertiary/aromatic N) is 2. The Balaban J connectivity index is 1.98. The molecular formula is C18H25N3. The fraction of sp³-hybridized carbons (Fsp3) is 0.500. The van der Waals surface area contributed by atoms with Crippen molar-refractivity contribution in [1.29, 1.82) is 0 Å². The second-order valence-corrected chi connectivity index (χ2v) is 6.57. The van der Waals surface area contributed by atoms with Gasteiger partial charge in [-0.3, -0.25) is 9.88 Å². The maximum absolute atomic E-state index is 6.15. The lowest BCUT2D eigenvalue weighted by Gasteiger charge is -2.40. The Morgan fingerprint density at radius 3 is 2.62 bits per heavy atom. The normalized spacial score (nSPS) is 25.1. The highest BCUT2D eigenvalue weighted by Crippen LogP contribution is 2.31. The molecule has 0 radical (unpaired) electrons. The van der Waals surface area contributed by atoms with Gasteiger partial charge < -0.3 is 5.73 Å². The summed E-state index contributed by atoms with van der Waals surface area (Å²) in [5.41, 5.74) is 8.52. The molecule has 1 aliphatic heterocycles. The van der Waals surface area contributed by atoms with Gasteiger partial charge >= 0.3 is 0 Å². The molecule has 3 rings (SSSR count). The largest absolute Gasteiger partial charge is 0.329 e. The van der Waals surface area contributed by atoms with Crippen LogP contribution in [0.3, 0.4) is 0 Å². The molecule has 3 heteroatoms. The van der Waals surface area contributed by atoms with Crippen LogP contribution in [-0.4, -0.2) is 29.5 Å². The van der Waals surface area contributed by atoms with Crippen LogP contribution in [0, 0.1) is 11.8 Å². The Bertz CT molecular complexity index is 595. The van der Waals surface area contributed by atoms with Gasteiger partial charge in [-0.05, 0) is 29.9 Å². The predicted octanol–water partition coefficient (Wildman–Crippen LogP) is 3.21. The number of likely N-dealkylation sites (tertiary alicyclic amines) is 1. The van der Waals surface area contributed by atoms with Gasteiger partial charge in [0, 0.05) is 37.3 Å². The highest BCUT2D eigenvalue weighted by atomic mass is 15.2. The molecule has 0 saturated carbocycles. The minimum absolute atomic E-state index is 0.272. The van der Waals surface area contributed by atoms with Crippen LogP contribution in [0.2, 0.25) is 0 Å². The van der Waals surface area contributed by atoms with Gasteiger partial charge in [-0.1, -0.05) is 38.1 Å². The van der Waals surface area contributed by atoms with Crippen molar-refractivity contribution in [3.63, 3.8) is 0 Å². The quantitative estimate of drug-likeness (QED) is 0.940. The molecule has 0 aliphatic carbocycles. The molecule has 2 aromatic rings. The molecule has 3 nitrogen and oxygen atoms in total. The van der Waals surface area contributed by atoms with E-state index in [9.17, 15) is 0 Å². The predicted molar refractivity (Wildman–Crippen MR) is 88.1 cm³/mol. The SMILES string of the molecule is CC1CC(C)CN(C(CN)c2cccc3cccnc23)C1. The lowest BCUT2D eigenvalue weighted by Crippen LogP contribution is -2.43. The van der Waals surface area contributed by atoms with E-state index in [0.717, 1.165) is 30.4 Å². The Morgan fingerprint density at radius 2 is 1.90 bits per heavy atom. The average molecular weight is 283 g/mol. The molecule has 0 amide bonds. The smallest absolute Gasteiger partial charge is 0.0750 e. The summed E-state index contributed by atoms with van der Waals surface area (Å²) in [6, 6.07) is 10.8. The molecule has 112 valence electrons. The van der Waals surface area contributed by atoms with Gasteiger partial charge in [0.25, 0.3) is 0 Å². The minimum Gasteiger partial charge on any atom is -0.329 e. The van der Waals surface area contributed by atoms with E-state index in [2.05, 4.69) is 48.0 Å². The number of nitrogens with two attached hydrogens (primary N) is 1. The van der Waals surface area contributed by atoms with E-state index in [1.807, 2.05) is 12.3 Å². The summed E-state index contributed by atoms with van der Waals surface area (Å²) in [6.45, 7) is 7.61. The maximum atomic E-state index is 6.15. The Hall–Kier alpha value is -1.45. The van der Waals surface area contributed by atoms with E-state index in [1.54, 1.807) is 0 Å². The minimum atomic E-state index is 0.272. The van der Waals surface area contributed by atoms with E-state index in [-0.39, 0.29) is 6.04 Å². The zero-order valence-electron chi connectivity index (χ0n) is 13.0. The second kappa shape index (κ2) is 6.12. The third-order valence-electron chi connectivity index (χ3n) is 4.58. The first-order valence-electron chi connectivity index (χ1n) is 7.96. The van der Waals surface area contributed by atoms with E-state index in [4.69, 9.17) is 5.73 Å². The maximum Gasteiger partial charge on any atom is 0.0750 e. The first-order valence-corrected chi connectivity index (χ1v) is 7.96. The third kappa shape index (κ3) is 2.94. The molecule has 2 N–H and O–H groups in total. The van der Waals surface area contributed by atoms with Crippen LogP contribution in [0.4, 0.5) is 0 Å². The summed E-state index contributed by atoms with van der Waals surface area (Å²) >= 11 is 0. The van der Waals surface area contributed by atoms with Crippen LogP contribution in [0.15, 0.2) is 36.5 Å². The van der Waals surface area contributed by atoms with Crippen molar-refractivity contribution < 1.29 is 0 Å². The number of aromatic nitrogens is 1. The van der Waals surface area contributed by atoms with E-state index >= 15 is 0 Å². The van der Waals surface area contributed by atoms with E-state index < -0.39 is 0 Å². The molecule has 0 spiro atoms. The number of fused-ring (bicyclic) bond motifs is 1. The van der Waals surface area contributed by atoms with Crippen LogP contribution in [0.25, 0.3) is 10.9 Å². The van der Waals surface area contributed by atoms with Gasteiger partial charge in [-0.2, -0.15) is 0 Å². The number of piperidine rings is 1. The second-order valence-electron chi connectivity index (χ2n) is 6.57. The summed E-state index contributed by atoms with van der Waals surface area (Å²) in [7, 11) is 0. The summed E-state index contributed by atoms with van der Waals surface area (Å²) in [5.74, 6) is 1.48. The van der Waals surface area contributed by atoms with E-state index in [0.29, 0.717) is 6.54 Å². The molecule has 1 aromatic heterocycles. The standard InChI is InChI=1S/C18H25N3/c1-13-9-14(2)12-21(11-13)17(10-19)16-7-3-5-15-6-4-8-20-18(15)16/h3-8,13-14,17H,9-12,19H2,1-2H3. The highest BCUT2D eigenvalue weighted by Gasteiger charge is 2.28. The Kier molecular flexibility index (Phi) is 4.22. The monoisotopic (exact) mass is 283 g/mol. The lowest BCUT2D eigenvalue weighted by molar-refractivity contribution is 0.0989. The number of para-hydroxylation sites is 1. The lowest BCUT2D eigenvalue weighted by atomic mass is 9.89. The van der Waals surface area contributed by atoms with Gasteiger partial charge in [0.15, 0.2) is 0 Å². The Labute approximate surface area is 127 Å². The molecule has 1 fully saturated rings. The van der Waals surface area contributed by atoms with Crippen molar-refractivity contribution in [2.45, 2.75) is 26.3 Å². The molecule has 21 heavy (non-hydrogen) atoms. The number of hydrogen-bond acceptors (Lipinski definition) is 3. The molecule has 0 bridgehead atoms. The highest BCUT2D eigenvalue weighted by molar-refractivity contribution is 5.82. The zero-order chi connectivity index (χ0) is 14.8. The van der Waals surface area contributed by atoms with E-state index in [1.165, 1.54) is 17.4 Å². The van der Waals surface area contributed by atoms with Crippen molar-refractivity contribution >= 4 is 10.9 Å². The summed E-state index contributed by atoms with van der Waals surface area (Å²) in [6.07, 6.45) is 3.20. The van der Waals surface area contributed by atoms with Crippen LogP contribution in [0.1, 0.15) is 31.9 Å². The van der Waals surface area contributed by atoms with Crippen LogP contribution >= 0.6 is 0 Å². The summed E-state index contributed by atoms with van der Waals surface area (Å²) in [4.78, 5) is 7.16. The number of rotatable bonds is 3. The number of hydrogen-bond donors (Lipinski definition) is 1. The first-order chi connectivity index (χ1) is 10.2. The van der Waals surface area contributed by atoms with Gasteiger partial charge in [0.05, 0.1) is 5.52 Å². The molecule has 2 heterocycles. The first kappa shape index (κ1) is 14.5. The number of pyridine rings is 1. The summed E-state index contributed by atoms with van der Waals surface area (Å²) in [5, 5.41) is 1.20. The number of benzene rings is 1. The fourth-order valence-corrected chi connectivity index (χ4v) is 3.84. The van der Waals surface area contributed by atoms with Crippen molar-refractivity contribution in [2.75, 3.05) is 19.6 Å². The molecule has 1 aromatic carbocycles. The molecule has 1 saturated heterocycles. The summed E-state index contributed by atoms with van der Waals surface area (Å²) < 4.78 is 0. The van der Waals surface area contributed by atoms with Crippen molar-refractivity contribution in [1.82, 2.24) is 9.88 Å². The zero-order valence-corrected chi connectivity index (χ0v) is 13.0. The van der Waals surface area contributed by atoms with Crippen LogP contribution < -0.4 is 5.73 Å². The molecule has 3 unspecified atom stereocenters. The van der Waals surface area contributed by atoms with Crippen molar-refractivity contribution in [2.24, 2.45) is 17.6 Å². The van der Waals surface area contributed by atoms with Gasteiger partial charge in [0.2, 0.25) is 0 Å². The molecule has 1 aliphatic rings. The van der Waals surface area contributed by atoms with Gasteiger partial charge in [-0.15, -0.1) is 0 Å². The van der Waals surface area contributed by atoms with Crippen LogP contribution in [0.5, 0.6) is 0 Å². The van der Waals surface area contributed by atoms with Gasteiger partial charge in [0.1, 0.15) is 0 Å². The van der Waals surface area contributed by atoms with Crippen LogP contribution in [-0.2, 0) is 0 Å². The van der Waals surface area contributed by atoms with Crippen molar-refractivity contribution in [3.8, 4) is 0 Å². The Morgan fingerprint density at radius 1 is 1.19 bits per heavy atom. The van der Waals surface area contributed by atoms with Gasteiger partial charge in [-0.25, -0.2) is 0 Å². The van der Waals surface area contributed by atoms with Crippen molar-refractivity contribution in [3.05, 3.63) is 42.1 Å². The topological polar surface area (TPSA) is 42.1 Å². The third-order valence-corrected chi connectivity index (χ3v) is 4.58. The fourth-order valence-electron chi connectivity index (χ4n) is 3.84. The molecular weight excluding hydrogens is 258 g/mol. The average Bonchev–Trinajstić information content (AvgIpc) is 2.47. The molecule has 3 atom stereocenters.